The summed E-state index contributed by atoms with van der Waals surface area (Å²) in [7, 11) is -4.16. The minimum atomic E-state index is -4.59. The molecule has 0 unspecified atom stereocenters. The summed E-state index contributed by atoms with van der Waals surface area (Å²) in [5, 5.41) is 2.72. The molecule has 0 fully saturated rings. The predicted molar refractivity (Wildman–Crippen MR) is 95.9 cm³/mol. The van der Waals surface area contributed by atoms with Crippen LogP contribution in [-0.2, 0) is 16.2 Å². The van der Waals surface area contributed by atoms with Crippen LogP contribution in [0.15, 0.2) is 53.4 Å². The first-order valence-electron chi connectivity index (χ1n) is 8.14. The second-order valence-electron chi connectivity index (χ2n) is 5.99. The SMILES string of the molecule is CC[C@H](C)NC(=O)c1cccc(S(=O)(=O)Nc2cccc(C(F)(F)F)c2)c1. The molecule has 2 aromatic rings. The largest absolute Gasteiger partial charge is 0.416 e. The van der Waals surface area contributed by atoms with E-state index in [0.29, 0.717) is 12.5 Å². The highest BCUT2D eigenvalue weighted by atomic mass is 32.2. The van der Waals surface area contributed by atoms with Crippen molar-refractivity contribution in [2.45, 2.75) is 37.4 Å². The maximum atomic E-state index is 12.8. The van der Waals surface area contributed by atoms with Gasteiger partial charge in [0.1, 0.15) is 0 Å². The molecule has 2 N–H and O–H groups in total. The maximum Gasteiger partial charge on any atom is 0.416 e. The van der Waals surface area contributed by atoms with Crippen LogP contribution in [0.4, 0.5) is 18.9 Å². The molecule has 0 bridgehead atoms. The van der Waals surface area contributed by atoms with Crippen molar-refractivity contribution in [3.8, 4) is 0 Å². The third-order valence-electron chi connectivity index (χ3n) is 3.84. The number of nitrogens with one attached hydrogen (secondary N) is 2. The van der Waals surface area contributed by atoms with E-state index in [9.17, 15) is 26.4 Å². The summed E-state index contributed by atoms with van der Waals surface area (Å²) in [6, 6.07) is 9.08. The molecule has 0 heterocycles. The van der Waals surface area contributed by atoms with Gasteiger partial charge in [0.25, 0.3) is 15.9 Å². The summed E-state index contributed by atoms with van der Waals surface area (Å²) in [6.45, 7) is 3.71. The van der Waals surface area contributed by atoms with Gasteiger partial charge < -0.3 is 5.32 Å². The first kappa shape index (κ1) is 20.8. The Morgan fingerprint density at radius 3 is 2.41 bits per heavy atom. The van der Waals surface area contributed by atoms with Gasteiger partial charge in [0, 0.05) is 17.3 Å². The molecule has 1 atom stereocenters. The lowest BCUT2D eigenvalue weighted by Gasteiger charge is -2.13. The fraction of sp³-hybridized carbons (Fsp3) is 0.278. The Balaban J connectivity index is 2.27. The number of hydrogen-bond acceptors (Lipinski definition) is 3. The number of anilines is 1. The van der Waals surface area contributed by atoms with Crippen LogP contribution in [0.1, 0.15) is 36.2 Å². The lowest BCUT2D eigenvalue weighted by atomic mass is 10.2. The fourth-order valence-electron chi connectivity index (χ4n) is 2.19. The van der Waals surface area contributed by atoms with Crippen LogP contribution in [0.3, 0.4) is 0 Å². The highest BCUT2D eigenvalue weighted by Crippen LogP contribution is 2.31. The van der Waals surface area contributed by atoms with Crippen molar-refractivity contribution in [3.63, 3.8) is 0 Å². The standard InChI is InChI=1S/C18H19F3N2O3S/c1-3-12(2)22-17(24)13-6-4-9-16(10-13)27(25,26)23-15-8-5-7-14(11-15)18(19,20)21/h4-12,23H,3H2,1-2H3,(H,22,24)/t12-/m0/s1. The van der Waals surface area contributed by atoms with Gasteiger partial charge in [-0.3, -0.25) is 9.52 Å². The minimum absolute atomic E-state index is 0.0824. The van der Waals surface area contributed by atoms with Crippen molar-refractivity contribution in [1.29, 1.82) is 0 Å². The molecule has 0 radical (unpaired) electrons. The van der Waals surface area contributed by atoms with Gasteiger partial charge in [0.15, 0.2) is 0 Å². The molecule has 0 aliphatic heterocycles. The summed E-state index contributed by atoms with van der Waals surface area (Å²) >= 11 is 0. The predicted octanol–water partition coefficient (Wildman–Crippen LogP) is 4.03. The molecule has 5 nitrogen and oxygen atoms in total. The van der Waals surface area contributed by atoms with Crippen LogP contribution in [0.5, 0.6) is 0 Å². The Morgan fingerprint density at radius 2 is 1.78 bits per heavy atom. The molecule has 27 heavy (non-hydrogen) atoms. The van der Waals surface area contributed by atoms with Crippen LogP contribution < -0.4 is 10.0 Å². The van der Waals surface area contributed by atoms with Crippen LogP contribution >= 0.6 is 0 Å². The normalized spacial score (nSPS) is 13.1. The molecule has 146 valence electrons. The number of sulfonamides is 1. The Morgan fingerprint density at radius 1 is 1.11 bits per heavy atom. The first-order chi connectivity index (χ1) is 12.5. The summed E-state index contributed by atoms with van der Waals surface area (Å²) in [5.74, 6) is -0.430. The highest BCUT2D eigenvalue weighted by molar-refractivity contribution is 7.92. The van der Waals surface area contributed by atoms with Gasteiger partial charge in [-0.25, -0.2) is 8.42 Å². The number of alkyl halides is 3. The van der Waals surface area contributed by atoms with E-state index in [2.05, 4.69) is 10.0 Å². The Labute approximate surface area is 155 Å². The number of carbonyl (C=O) groups is 1. The van der Waals surface area contributed by atoms with Gasteiger partial charge in [-0.2, -0.15) is 13.2 Å². The Kier molecular flexibility index (Phi) is 6.15. The van der Waals surface area contributed by atoms with Crippen molar-refractivity contribution in [2.75, 3.05) is 4.72 Å². The van der Waals surface area contributed by atoms with E-state index in [4.69, 9.17) is 0 Å². The summed E-state index contributed by atoms with van der Waals surface area (Å²) in [6.07, 6.45) is -3.88. The molecule has 1 amide bonds. The zero-order chi connectivity index (χ0) is 20.2. The quantitative estimate of drug-likeness (QED) is 0.769. The monoisotopic (exact) mass is 400 g/mol. The van der Waals surface area contributed by atoms with Crippen molar-refractivity contribution >= 4 is 21.6 Å². The molecule has 0 saturated carbocycles. The van der Waals surface area contributed by atoms with E-state index in [-0.39, 0.29) is 22.2 Å². The van der Waals surface area contributed by atoms with Crippen LogP contribution in [0, 0.1) is 0 Å². The third kappa shape index (κ3) is 5.46. The fourth-order valence-corrected chi connectivity index (χ4v) is 3.28. The highest BCUT2D eigenvalue weighted by Gasteiger charge is 2.30. The topological polar surface area (TPSA) is 75.3 Å². The van der Waals surface area contributed by atoms with Gasteiger partial charge in [-0.15, -0.1) is 0 Å². The van der Waals surface area contributed by atoms with E-state index in [1.165, 1.54) is 30.3 Å². The van der Waals surface area contributed by atoms with Crippen LogP contribution in [0.2, 0.25) is 0 Å². The summed E-state index contributed by atoms with van der Waals surface area (Å²) < 4.78 is 65.4. The van der Waals surface area contributed by atoms with Gasteiger partial charge in [0.05, 0.1) is 10.5 Å². The minimum Gasteiger partial charge on any atom is -0.350 e. The number of amides is 1. The van der Waals surface area contributed by atoms with E-state index in [1.54, 1.807) is 0 Å². The number of halogens is 3. The molecule has 0 aromatic heterocycles. The van der Waals surface area contributed by atoms with Crippen molar-refractivity contribution in [3.05, 3.63) is 59.7 Å². The average Bonchev–Trinajstić information content (AvgIpc) is 2.60. The summed E-state index contributed by atoms with van der Waals surface area (Å²) in [5.41, 5.74) is -1.05. The van der Waals surface area contributed by atoms with Gasteiger partial charge in [0.2, 0.25) is 0 Å². The first-order valence-corrected chi connectivity index (χ1v) is 9.62. The smallest absolute Gasteiger partial charge is 0.350 e. The average molecular weight is 400 g/mol. The second-order valence-corrected chi connectivity index (χ2v) is 7.68. The lowest BCUT2D eigenvalue weighted by molar-refractivity contribution is -0.137. The van der Waals surface area contributed by atoms with E-state index < -0.39 is 27.7 Å². The molecule has 0 aliphatic carbocycles. The lowest BCUT2D eigenvalue weighted by Crippen LogP contribution is -2.32. The van der Waals surface area contributed by atoms with E-state index >= 15 is 0 Å². The number of carbonyl (C=O) groups excluding carboxylic acids is 1. The zero-order valence-electron chi connectivity index (χ0n) is 14.7. The van der Waals surface area contributed by atoms with E-state index in [0.717, 1.165) is 12.1 Å². The van der Waals surface area contributed by atoms with Gasteiger partial charge in [-0.1, -0.05) is 19.1 Å². The second kappa shape index (κ2) is 7.99. The maximum absolute atomic E-state index is 12.8. The van der Waals surface area contributed by atoms with Gasteiger partial charge in [-0.05, 0) is 49.7 Å². The van der Waals surface area contributed by atoms with Crippen LogP contribution in [0.25, 0.3) is 0 Å². The number of rotatable bonds is 6. The molecular weight excluding hydrogens is 381 g/mol. The van der Waals surface area contributed by atoms with Crippen molar-refractivity contribution in [1.82, 2.24) is 5.32 Å². The van der Waals surface area contributed by atoms with Gasteiger partial charge >= 0.3 is 6.18 Å². The molecular formula is C18H19F3N2O3S. The third-order valence-corrected chi connectivity index (χ3v) is 5.22. The van der Waals surface area contributed by atoms with Crippen molar-refractivity contribution in [2.24, 2.45) is 0 Å². The molecule has 9 heteroatoms. The van der Waals surface area contributed by atoms with Crippen molar-refractivity contribution < 1.29 is 26.4 Å². The Bertz CT molecular complexity index is 927. The van der Waals surface area contributed by atoms with Crippen LogP contribution in [-0.4, -0.2) is 20.4 Å². The molecule has 0 saturated heterocycles. The molecule has 2 aromatic carbocycles. The number of benzene rings is 2. The molecule has 2 rings (SSSR count). The zero-order valence-corrected chi connectivity index (χ0v) is 15.5. The Hall–Kier alpha value is -2.55. The number of hydrogen-bond donors (Lipinski definition) is 2. The molecule has 0 aliphatic rings. The van der Waals surface area contributed by atoms with E-state index in [1.807, 2.05) is 13.8 Å². The summed E-state index contributed by atoms with van der Waals surface area (Å²) in [4.78, 5) is 11.9. The molecule has 0 spiro atoms.